The third-order valence-electron chi connectivity index (χ3n) is 3.46. The van der Waals surface area contributed by atoms with Crippen LogP contribution in [-0.2, 0) is 0 Å². The van der Waals surface area contributed by atoms with Crippen molar-refractivity contribution in [3.05, 3.63) is 71.8 Å². The van der Waals surface area contributed by atoms with E-state index in [2.05, 4.69) is 0 Å². The molecule has 3 aromatic rings. The van der Waals surface area contributed by atoms with E-state index in [1.165, 1.54) is 0 Å². The summed E-state index contributed by atoms with van der Waals surface area (Å²) < 4.78 is 5.20. The Kier molecular flexibility index (Phi) is 3.32. The van der Waals surface area contributed by atoms with E-state index < -0.39 is 0 Å². The Labute approximate surface area is 123 Å². The number of carbonyl (C=O) groups excluding carboxylic acids is 1. The fraction of sp³-hybridized carbons (Fsp3) is 0.0556. The van der Waals surface area contributed by atoms with Crippen molar-refractivity contribution in [1.29, 1.82) is 0 Å². The molecule has 21 heavy (non-hydrogen) atoms. The highest BCUT2D eigenvalue weighted by Gasteiger charge is 2.10. The minimum atomic E-state index is -0.0278. The molecule has 104 valence electrons. The normalized spacial score (nSPS) is 10.5. The van der Waals surface area contributed by atoms with Crippen LogP contribution in [0.3, 0.4) is 0 Å². The second-order valence-corrected chi connectivity index (χ2v) is 4.88. The summed E-state index contributed by atoms with van der Waals surface area (Å²) in [5.41, 5.74) is 7.57. The van der Waals surface area contributed by atoms with Crippen molar-refractivity contribution in [1.82, 2.24) is 0 Å². The SMILES string of the molecule is COc1ccc2cc(C(=O)c3cccc(N)c3)ccc2c1. The molecule has 3 heteroatoms. The van der Waals surface area contributed by atoms with E-state index in [9.17, 15) is 4.79 Å². The number of methoxy groups -OCH3 is 1. The number of nitrogen functional groups attached to an aromatic ring is 1. The molecule has 0 aliphatic carbocycles. The number of ether oxygens (including phenoxy) is 1. The van der Waals surface area contributed by atoms with E-state index >= 15 is 0 Å². The molecular formula is C18H15NO2. The van der Waals surface area contributed by atoms with Gasteiger partial charge in [-0.2, -0.15) is 0 Å². The highest BCUT2D eigenvalue weighted by Crippen LogP contribution is 2.23. The molecule has 2 N–H and O–H groups in total. The molecule has 0 aliphatic rings. The van der Waals surface area contributed by atoms with Gasteiger partial charge < -0.3 is 10.5 Å². The molecule has 0 fully saturated rings. The topological polar surface area (TPSA) is 52.3 Å². The van der Waals surface area contributed by atoms with Crippen LogP contribution in [0.15, 0.2) is 60.7 Å². The summed E-state index contributed by atoms with van der Waals surface area (Å²) in [6, 6.07) is 18.5. The van der Waals surface area contributed by atoms with Gasteiger partial charge in [0, 0.05) is 16.8 Å². The number of hydrogen-bond donors (Lipinski definition) is 1. The first kappa shape index (κ1) is 13.2. The molecule has 3 rings (SSSR count). The first-order valence-corrected chi connectivity index (χ1v) is 6.65. The number of fused-ring (bicyclic) bond motifs is 1. The number of carbonyl (C=O) groups is 1. The lowest BCUT2D eigenvalue weighted by Gasteiger charge is -2.06. The lowest BCUT2D eigenvalue weighted by Crippen LogP contribution is -2.02. The van der Waals surface area contributed by atoms with Gasteiger partial charge in [0.1, 0.15) is 5.75 Å². The van der Waals surface area contributed by atoms with Crippen LogP contribution in [0.2, 0.25) is 0 Å². The number of hydrogen-bond acceptors (Lipinski definition) is 3. The van der Waals surface area contributed by atoms with Crippen LogP contribution < -0.4 is 10.5 Å². The number of ketones is 1. The maximum absolute atomic E-state index is 12.5. The maximum atomic E-state index is 12.5. The largest absolute Gasteiger partial charge is 0.497 e. The van der Waals surface area contributed by atoms with E-state index in [4.69, 9.17) is 10.5 Å². The van der Waals surface area contributed by atoms with Crippen LogP contribution in [-0.4, -0.2) is 12.9 Å². The van der Waals surface area contributed by atoms with Crippen LogP contribution in [0.5, 0.6) is 5.75 Å². The fourth-order valence-corrected chi connectivity index (χ4v) is 2.34. The predicted molar refractivity (Wildman–Crippen MR) is 84.8 cm³/mol. The standard InChI is InChI=1S/C18H15NO2/c1-21-17-8-7-12-9-15(6-5-13(12)11-17)18(20)14-3-2-4-16(19)10-14/h2-11H,19H2,1H3. The van der Waals surface area contributed by atoms with Crippen LogP contribution in [0.1, 0.15) is 15.9 Å². The third-order valence-corrected chi connectivity index (χ3v) is 3.46. The predicted octanol–water partition coefficient (Wildman–Crippen LogP) is 3.66. The van der Waals surface area contributed by atoms with Gasteiger partial charge in [0.15, 0.2) is 5.78 Å². The van der Waals surface area contributed by atoms with Crippen molar-refractivity contribution in [2.75, 3.05) is 12.8 Å². The minimum Gasteiger partial charge on any atom is -0.497 e. The summed E-state index contributed by atoms with van der Waals surface area (Å²) in [6.07, 6.45) is 0. The molecule has 0 spiro atoms. The zero-order valence-corrected chi connectivity index (χ0v) is 11.7. The van der Waals surface area contributed by atoms with E-state index in [0.717, 1.165) is 16.5 Å². The second kappa shape index (κ2) is 5.29. The molecule has 0 unspecified atom stereocenters. The molecule has 0 aliphatic heterocycles. The van der Waals surface area contributed by atoms with Gasteiger partial charge in [-0.15, -0.1) is 0 Å². The number of nitrogens with two attached hydrogens (primary N) is 1. The van der Waals surface area contributed by atoms with Gasteiger partial charge in [-0.1, -0.05) is 30.3 Å². The lowest BCUT2D eigenvalue weighted by atomic mass is 9.99. The Bertz CT molecular complexity index is 824. The Morgan fingerprint density at radius 3 is 2.38 bits per heavy atom. The van der Waals surface area contributed by atoms with Crippen molar-refractivity contribution in [3.8, 4) is 5.75 Å². The summed E-state index contributed by atoms with van der Waals surface area (Å²) in [4.78, 5) is 12.5. The molecule has 3 nitrogen and oxygen atoms in total. The molecule has 0 saturated carbocycles. The highest BCUT2D eigenvalue weighted by atomic mass is 16.5. The van der Waals surface area contributed by atoms with Crippen molar-refractivity contribution < 1.29 is 9.53 Å². The van der Waals surface area contributed by atoms with E-state index in [1.54, 1.807) is 31.4 Å². The van der Waals surface area contributed by atoms with Crippen molar-refractivity contribution in [2.45, 2.75) is 0 Å². The first-order chi connectivity index (χ1) is 10.2. The molecular weight excluding hydrogens is 262 g/mol. The Morgan fingerprint density at radius 1 is 0.905 bits per heavy atom. The van der Waals surface area contributed by atoms with Gasteiger partial charge in [0.25, 0.3) is 0 Å². The lowest BCUT2D eigenvalue weighted by molar-refractivity contribution is 0.103. The van der Waals surface area contributed by atoms with Gasteiger partial charge in [0.2, 0.25) is 0 Å². The van der Waals surface area contributed by atoms with Gasteiger partial charge >= 0.3 is 0 Å². The van der Waals surface area contributed by atoms with Gasteiger partial charge in [-0.3, -0.25) is 4.79 Å². The van der Waals surface area contributed by atoms with Gasteiger partial charge in [0.05, 0.1) is 7.11 Å². The molecule has 0 amide bonds. The highest BCUT2D eigenvalue weighted by molar-refractivity contribution is 6.11. The number of anilines is 1. The van der Waals surface area contributed by atoms with Crippen molar-refractivity contribution in [3.63, 3.8) is 0 Å². The zero-order valence-electron chi connectivity index (χ0n) is 11.7. The summed E-state index contributed by atoms with van der Waals surface area (Å²) in [6.45, 7) is 0. The molecule has 0 aromatic heterocycles. The van der Waals surface area contributed by atoms with Gasteiger partial charge in [-0.25, -0.2) is 0 Å². The maximum Gasteiger partial charge on any atom is 0.193 e. The quantitative estimate of drug-likeness (QED) is 0.587. The molecule has 0 radical (unpaired) electrons. The molecule has 3 aromatic carbocycles. The summed E-state index contributed by atoms with van der Waals surface area (Å²) in [7, 11) is 1.64. The average Bonchev–Trinajstić information content (AvgIpc) is 2.53. The van der Waals surface area contributed by atoms with Crippen LogP contribution in [0.4, 0.5) is 5.69 Å². The second-order valence-electron chi connectivity index (χ2n) is 4.88. The molecule has 0 atom stereocenters. The minimum absolute atomic E-state index is 0.0278. The van der Waals surface area contributed by atoms with E-state index in [1.807, 2.05) is 36.4 Å². The summed E-state index contributed by atoms with van der Waals surface area (Å²) >= 11 is 0. The van der Waals surface area contributed by atoms with Gasteiger partial charge in [-0.05, 0) is 41.1 Å². The average molecular weight is 277 g/mol. The monoisotopic (exact) mass is 277 g/mol. The molecule has 0 bridgehead atoms. The summed E-state index contributed by atoms with van der Waals surface area (Å²) in [5.74, 6) is 0.775. The summed E-state index contributed by atoms with van der Waals surface area (Å²) in [5, 5.41) is 2.05. The fourth-order valence-electron chi connectivity index (χ4n) is 2.34. The molecule has 0 saturated heterocycles. The van der Waals surface area contributed by atoms with Crippen LogP contribution in [0, 0.1) is 0 Å². The Balaban J connectivity index is 2.03. The Hall–Kier alpha value is -2.81. The molecule has 0 heterocycles. The van der Waals surface area contributed by atoms with Crippen molar-refractivity contribution >= 4 is 22.2 Å². The van der Waals surface area contributed by atoms with E-state index in [-0.39, 0.29) is 5.78 Å². The Morgan fingerprint density at radius 2 is 1.62 bits per heavy atom. The van der Waals surface area contributed by atoms with Crippen LogP contribution >= 0.6 is 0 Å². The number of benzene rings is 3. The smallest absolute Gasteiger partial charge is 0.193 e. The zero-order chi connectivity index (χ0) is 14.8. The van der Waals surface area contributed by atoms with Crippen molar-refractivity contribution in [2.24, 2.45) is 0 Å². The number of rotatable bonds is 3. The van der Waals surface area contributed by atoms with E-state index in [0.29, 0.717) is 16.8 Å². The first-order valence-electron chi connectivity index (χ1n) is 6.65. The van der Waals surface area contributed by atoms with Crippen LogP contribution in [0.25, 0.3) is 10.8 Å². The third kappa shape index (κ3) is 2.58.